The van der Waals surface area contributed by atoms with Crippen LogP contribution in [-0.4, -0.2) is 87.1 Å². The van der Waals surface area contributed by atoms with E-state index in [1.165, 1.54) is 14.2 Å². The van der Waals surface area contributed by atoms with E-state index < -0.39 is 24.3 Å². The monoisotopic (exact) mass is 832 g/mol. The summed E-state index contributed by atoms with van der Waals surface area (Å²) in [6.45, 7) is 4.92. The van der Waals surface area contributed by atoms with Crippen molar-refractivity contribution in [3.63, 3.8) is 0 Å². The van der Waals surface area contributed by atoms with Gasteiger partial charge in [-0.2, -0.15) is 0 Å². The molecule has 2 aliphatic rings. The number of likely N-dealkylation sites (tertiary alicyclic amines) is 2. The minimum absolute atomic E-state index is 0.117. The minimum Gasteiger partial charge on any atom is -0.453 e. The lowest BCUT2D eigenvalue weighted by Gasteiger charge is -2.29. The fourth-order valence-electron chi connectivity index (χ4n) is 7.92. The van der Waals surface area contributed by atoms with Crippen LogP contribution in [0.15, 0.2) is 65.5 Å². The molecule has 0 radical (unpaired) electrons. The van der Waals surface area contributed by atoms with Crippen molar-refractivity contribution < 1.29 is 28.7 Å². The van der Waals surface area contributed by atoms with Crippen molar-refractivity contribution in [3.8, 4) is 23.1 Å². The van der Waals surface area contributed by atoms with Gasteiger partial charge in [-0.25, -0.2) is 19.6 Å². The lowest BCUT2D eigenvalue weighted by molar-refractivity contribution is -0.135. The number of ether oxygens (including phenoxy) is 2. The molecule has 0 aliphatic carbocycles. The van der Waals surface area contributed by atoms with Crippen molar-refractivity contribution in [3.05, 3.63) is 93.8 Å². The highest BCUT2D eigenvalue weighted by atomic mass is 32.1. The van der Waals surface area contributed by atoms with Gasteiger partial charge in [-0.3, -0.25) is 9.59 Å². The van der Waals surface area contributed by atoms with Crippen molar-refractivity contribution in [1.82, 2.24) is 40.4 Å². The highest BCUT2D eigenvalue weighted by Crippen LogP contribution is 2.41. The quantitative estimate of drug-likeness (QED) is 0.109. The first kappa shape index (κ1) is 39.6. The molecule has 2 fully saturated rings. The Labute approximate surface area is 348 Å². The molecule has 4 N–H and O–H groups in total. The maximum atomic E-state index is 14.0. The third-order valence-electron chi connectivity index (χ3n) is 10.9. The third-order valence-corrected chi connectivity index (χ3v) is 13.1. The molecule has 8 rings (SSSR count). The standard InChI is InChI=1S/C43H44N8O6S2/c1-24(2)34(48-42(54)56-3)40(52)51-19-9-13-33(51)39-45-29-17-15-25(20-30(29)46-39)14-16-27-22-58-37-28(23-59-36(27)37)31-21-44-38(47-31)32-12-8-18-50(32)41(53)35(49-43(55)57-4)26-10-6-5-7-11-26/h5-7,10-11,15,17,20-24,32-35H,8-9,12-13,18-19H2,1-4H3,(H,44,47)(H,45,46)(H,48,54)(H,49,55)/t32?,33?,34-,35-/m1/s1. The summed E-state index contributed by atoms with van der Waals surface area (Å²) in [5.41, 5.74) is 5.94. The summed E-state index contributed by atoms with van der Waals surface area (Å²) in [5.74, 6) is 7.64. The van der Waals surface area contributed by atoms with Crippen molar-refractivity contribution in [2.45, 2.75) is 63.7 Å². The second-order valence-electron chi connectivity index (χ2n) is 15.0. The highest BCUT2D eigenvalue weighted by molar-refractivity contribution is 7.27. The molecule has 4 atom stereocenters. The van der Waals surface area contributed by atoms with E-state index in [-0.39, 0.29) is 29.8 Å². The molecule has 4 amide bonds. The maximum Gasteiger partial charge on any atom is 0.407 e. The summed E-state index contributed by atoms with van der Waals surface area (Å²) in [7, 11) is 2.57. The van der Waals surface area contributed by atoms with Gasteiger partial charge in [-0.15, -0.1) is 22.7 Å². The number of carbonyl (C=O) groups excluding carboxylic acids is 4. The van der Waals surface area contributed by atoms with Gasteiger partial charge < -0.3 is 39.9 Å². The van der Waals surface area contributed by atoms with Gasteiger partial charge in [0, 0.05) is 35.0 Å². The number of methoxy groups -OCH3 is 2. The molecular formula is C43H44N8O6S2. The molecule has 2 aliphatic heterocycles. The Hall–Kier alpha value is -6.18. The molecule has 16 heteroatoms. The maximum absolute atomic E-state index is 14.0. The first-order chi connectivity index (χ1) is 28.6. The summed E-state index contributed by atoms with van der Waals surface area (Å²) in [6, 6.07) is 13.0. The summed E-state index contributed by atoms with van der Waals surface area (Å²) in [4.78, 5) is 72.0. The fourth-order valence-corrected chi connectivity index (χ4v) is 10.2. The number of hydrogen-bond donors (Lipinski definition) is 4. The Bertz CT molecular complexity index is 2580. The van der Waals surface area contributed by atoms with E-state index in [9.17, 15) is 19.2 Å². The summed E-state index contributed by atoms with van der Waals surface area (Å²) in [5, 5.41) is 9.59. The number of fused-ring (bicyclic) bond motifs is 2. The molecule has 4 aromatic heterocycles. The van der Waals surface area contributed by atoms with E-state index in [1.54, 1.807) is 32.5 Å². The van der Waals surface area contributed by atoms with E-state index in [1.807, 2.05) is 68.6 Å². The van der Waals surface area contributed by atoms with Crippen LogP contribution in [0.1, 0.15) is 86.0 Å². The number of alkyl carbamates (subject to hydrolysis) is 2. The number of aromatic amines is 2. The van der Waals surface area contributed by atoms with Crippen molar-refractivity contribution in [1.29, 1.82) is 0 Å². The zero-order valence-corrected chi connectivity index (χ0v) is 34.7. The number of thiophene rings is 2. The molecule has 2 unspecified atom stereocenters. The number of benzene rings is 2. The molecule has 6 heterocycles. The molecule has 0 saturated carbocycles. The Morgan fingerprint density at radius 1 is 0.831 bits per heavy atom. The Kier molecular flexibility index (Phi) is 11.4. The molecule has 304 valence electrons. The first-order valence-electron chi connectivity index (χ1n) is 19.5. The molecule has 59 heavy (non-hydrogen) atoms. The van der Waals surface area contributed by atoms with E-state index in [2.05, 4.69) is 43.2 Å². The molecule has 2 saturated heterocycles. The van der Waals surface area contributed by atoms with Crippen LogP contribution in [0.4, 0.5) is 9.59 Å². The van der Waals surface area contributed by atoms with Gasteiger partial charge >= 0.3 is 12.2 Å². The van der Waals surface area contributed by atoms with Gasteiger partial charge in [0.2, 0.25) is 5.91 Å². The lowest BCUT2D eigenvalue weighted by atomic mass is 10.0. The number of nitrogens with zero attached hydrogens (tertiary/aromatic N) is 4. The topological polar surface area (TPSA) is 175 Å². The number of nitrogens with one attached hydrogen (secondary N) is 4. The van der Waals surface area contributed by atoms with Crippen LogP contribution < -0.4 is 10.6 Å². The number of rotatable bonds is 9. The highest BCUT2D eigenvalue weighted by Gasteiger charge is 2.39. The smallest absolute Gasteiger partial charge is 0.407 e. The van der Waals surface area contributed by atoms with E-state index in [0.717, 1.165) is 68.5 Å². The van der Waals surface area contributed by atoms with Crippen LogP contribution >= 0.6 is 22.7 Å². The van der Waals surface area contributed by atoms with Crippen LogP contribution in [-0.2, 0) is 19.1 Å². The first-order valence-corrected chi connectivity index (χ1v) is 21.3. The van der Waals surface area contributed by atoms with Crippen LogP contribution in [0.2, 0.25) is 0 Å². The van der Waals surface area contributed by atoms with E-state index >= 15 is 0 Å². The molecule has 0 spiro atoms. The third kappa shape index (κ3) is 8.00. The number of amides is 4. The summed E-state index contributed by atoms with van der Waals surface area (Å²) >= 11 is 3.26. The SMILES string of the molecule is COC(=O)N[C@@H](C(=O)N1CCCC1c1ncc(-c2csc3c(C#Cc4ccc5[nH]c(C6CCCN6C(=O)[C@H](NC(=O)OC)C(C)C)nc5c4)csc23)[nH]1)c1ccccc1. The summed E-state index contributed by atoms with van der Waals surface area (Å²) < 4.78 is 11.8. The predicted octanol–water partition coefficient (Wildman–Crippen LogP) is 7.43. The zero-order valence-electron chi connectivity index (χ0n) is 33.0. The largest absolute Gasteiger partial charge is 0.453 e. The van der Waals surface area contributed by atoms with Crippen LogP contribution in [0.25, 0.3) is 31.7 Å². The normalized spacial score (nSPS) is 17.5. The molecular weight excluding hydrogens is 789 g/mol. The van der Waals surface area contributed by atoms with Crippen LogP contribution in [0.5, 0.6) is 0 Å². The van der Waals surface area contributed by atoms with Crippen LogP contribution in [0, 0.1) is 17.8 Å². The zero-order chi connectivity index (χ0) is 41.2. The summed E-state index contributed by atoms with van der Waals surface area (Å²) in [6.07, 6.45) is 3.67. The Balaban J connectivity index is 0.980. The molecule has 0 bridgehead atoms. The fraction of sp³-hybridized carbons (Fsp3) is 0.349. The number of aromatic nitrogens is 4. The minimum atomic E-state index is -0.887. The van der Waals surface area contributed by atoms with E-state index in [0.29, 0.717) is 30.3 Å². The van der Waals surface area contributed by atoms with Gasteiger partial charge in [-0.05, 0) is 55.4 Å². The molecule has 14 nitrogen and oxygen atoms in total. The number of hydrogen-bond acceptors (Lipinski definition) is 10. The van der Waals surface area contributed by atoms with Gasteiger partial charge in [0.05, 0.1) is 64.2 Å². The molecule has 6 aromatic rings. The number of H-pyrrole nitrogens is 2. The lowest BCUT2D eigenvalue weighted by Crippen LogP contribution is -2.51. The Morgan fingerprint density at radius 3 is 2.25 bits per heavy atom. The van der Waals surface area contributed by atoms with Crippen molar-refractivity contribution in [2.75, 3.05) is 27.3 Å². The van der Waals surface area contributed by atoms with Crippen LogP contribution in [0.3, 0.4) is 0 Å². The second kappa shape index (κ2) is 17.0. The van der Waals surface area contributed by atoms with Crippen molar-refractivity contribution >= 4 is 67.1 Å². The second-order valence-corrected chi connectivity index (χ2v) is 16.7. The average Bonchev–Trinajstić information content (AvgIpc) is 4.10. The Morgan fingerprint density at radius 2 is 1.53 bits per heavy atom. The predicted molar refractivity (Wildman–Crippen MR) is 226 cm³/mol. The van der Waals surface area contributed by atoms with Gasteiger partial charge in [0.1, 0.15) is 23.7 Å². The number of imidazole rings is 2. The number of carbonyl (C=O) groups is 4. The van der Waals surface area contributed by atoms with Gasteiger partial charge in [0.15, 0.2) is 0 Å². The molecule has 2 aromatic carbocycles. The van der Waals surface area contributed by atoms with Gasteiger partial charge in [-0.1, -0.05) is 56.0 Å². The van der Waals surface area contributed by atoms with Gasteiger partial charge in [0.25, 0.3) is 5.91 Å². The average molecular weight is 833 g/mol. The van der Waals surface area contributed by atoms with Crippen molar-refractivity contribution in [2.24, 2.45) is 5.92 Å². The van der Waals surface area contributed by atoms with E-state index in [4.69, 9.17) is 19.4 Å².